The molecule has 0 bridgehead atoms. The molecule has 0 aliphatic heterocycles. The van der Waals surface area contributed by atoms with Crippen molar-refractivity contribution in [3.8, 4) is 28.3 Å². The highest BCUT2D eigenvalue weighted by atomic mass is 15.2. The second-order valence-electron chi connectivity index (χ2n) is 13.8. The predicted molar refractivity (Wildman–Crippen MR) is 217 cm³/mol. The van der Waals surface area contributed by atoms with Gasteiger partial charge in [-0.05, 0) is 65.0 Å². The number of hydrogen-bond donors (Lipinski definition) is 0. The minimum absolute atomic E-state index is 0.667. The van der Waals surface area contributed by atoms with Gasteiger partial charge in [0.1, 0.15) is 0 Å². The monoisotopic (exact) mass is 660 g/mol. The van der Waals surface area contributed by atoms with Crippen LogP contribution in [-0.4, -0.2) is 18.9 Å². The van der Waals surface area contributed by atoms with E-state index < -0.39 is 0 Å². The van der Waals surface area contributed by atoms with Crippen LogP contribution in [0.2, 0.25) is 0 Å². The molecule has 4 aromatic heterocycles. The van der Waals surface area contributed by atoms with Crippen molar-refractivity contribution in [2.45, 2.75) is 0 Å². The summed E-state index contributed by atoms with van der Waals surface area (Å²) in [6.07, 6.45) is 0. The molecule has 0 spiro atoms. The van der Waals surface area contributed by atoms with E-state index in [2.05, 4.69) is 179 Å². The highest BCUT2D eigenvalue weighted by Gasteiger charge is 2.21. The maximum absolute atomic E-state index is 5.37. The first kappa shape index (κ1) is 27.7. The molecule has 0 fully saturated rings. The molecule has 4 nitrogen and oxygen atoms in total. The lowest BCUT2D eigenvalue weighted by molar-refractivity contribution is 1.02. The lowest BCUT2D eigenvalue weighted by atomic mass is 9.98. The van der Waals surface area contributed by atoms with E-state index in [1.807, 2.05) is 0 Å². The fourth-order valence-corrected chi connectivity index (χ4v) is 8.75. The summed E-state index contributed by atoms with van der Waals surface area (Å²) in [6.45, 7) is 0. The summed E-state index contributed by atoms with van der Waals surface area (Å²) >= 11 is 0. The van der Waals surface area contributed by atoms with Crippen molar-refractivity contribution < 1.29 is 0 Å². The van der Waals surface area contributed by atoms with Crippen molar-refractivity contribution >= 4 is 81.6 Å². The van der Waals surface area contributed by atoms with E-state index >= 15 is 0 Å². The van der Waals surface area contributed by atoms with Gasteiger partial charge < -0.3 is 4.40 Å². The predicted octanol–water partition coefficient (Wildman–Crippen LogP) is 12.4. The van der Waals surface area contributed by atoms with Crippen LogP contribution < -0.4 is 0 Å². The zero-order chi connectivity index (χ0) is 33.9. The molecular formula is C48H28N4. The number of fused-ring (bicyclic) bond motifs is 12. The van der Waals surface area contributed by atoms with E-state index in [1.54, 1.807) is 0 Å². The first-order valence-corrected chi connectivity index (χ1v) is 17.8. The Labute approximate surface area is 297 Å². The molecule has 4 heteroatoms. The largest absolute Gasteiger partial charge is 0.308 e. The van der Waals surface area contributed by atoms with Gasteiger partial charge in [-0.15, -0.1) is 0 Å². The fraction of sp³-hybridized carbons (Fsp3) is 0. The maximum atomic E-state index is 5.37. The smallest absolute Gasteiger partial charge is 0.235 e. The van der Waals surface area contributed by atoms with Gasteiger partial charge in [0.2, 0.25) is 5.95 Å². The molecule has 12 aromatic rings. The highest BCUT2D eigenvalue weighted by Crippen LogP contribution is 2.43. The number of rotatable bonds is 3. The van der Waals surface area contributed by atoms with Crippen molar-refractivity contribution in [3.05, 3.63) is 170 Å². The average Bonchev–Trinajstić information content (AvgIpc) is 3.85. The average molecular weight is 661 g/mol. The molecule has 0 atom stereocenters. The van der Waals surface area contributed by atoms with Crippen LogP contribution in [0.3, 0.4) is 0 Å². The molecule has 0 amide bonds. The Morgan fingerprint density at radius 3 is 1.65 bits per heavy atom. The first-order valence-electron chi connectivity index (χ1n) is 17.8. The normalized spacial score (nSPS) is 12.2. The van der Waals surface area contributed by atoms with Gasteiger partial charge in [0.05, 0.1) is 38.8 Å². The molecule has 0 unspecified atom stereocenters. The Kier molecular flexibility index (Phi) is 5.47. The summed E-state index contributed by atoms with van der Waals surface area (Å²) in [6, 6.07) is 61.1. The van der Waals surface area contributed by atoms with Gasteiger partial charge >= 0.3 is 0 Å². The van der Waals surface area contributed by atoms with Gasteiger partial charge in [0.15, 0.2) is 0 Å². The third-order valence-electron chi connectivity index (χ3n) is 11.0. The van der Waals surface area contributed by atoms with Crippen LogP contribution in [-0.2, 0) is 0 Å². The molecule has 0 aliphatic rings. The molecule has 0 N–H and O–H groups in total. The van der Waals surface area contributed by atoms with E-state index in [-0.39, 0.29) is 0 Å². The van der Waals surface area contributed by atoms with E-state index in [9.17, 15) is 0 Å². The quantitative estimate of drug-likeness (QED) is 0.177. The van der Waals surface area contributed by atoms with E-state index in [4.69, 9.17) is 9.97 Å². The van der Waals surface area contributed by atoms with Crippen LogP contribution in [0.1, 0.15) is 0 Å². The van der Waals surface area contributed by atoms with E-state index in [0.717, 1.165) is 44.0 Å². The van der Waals surface area contributed by atoms with Gasteiger partial charge in [-0.25, -0.2) is 9.97 Å². The number of para-hydroxylation sites is 3. The van der Waals surface area contributed by atoms with Crippen LogP contribution in [0, 0.1) is 0 Å². The van der Waals surface area contributed by atoms with Crippen molar-refractivity contribution in [2.75, 3.05) is 0 Å². The lowest BCUT2D eigenvalue weighted by Crippen LogP contribution is -2.03. The second kappa shape index (κ2) is 10.3. The Morgan fingerprint density at radius 2 is 0.923 bits per heavy atom. The molecule has 0 radical (unpaired) electrons. The van der Waals surface area contributed by atoms with E-state index in [0.29, 0.717) is 5.95 Å². The number of hydrogen-bond acceptors (Lipinski definition) is 2. The minimum atomic E-state index is 0.667. The Balaban J connectivity index is 1.14. The SMILES string of the molecule is c1ccc(-c2nc(-n3c4ccccc4c4cc(-c5cc6c7ccccc7n7c8ccccc8c(c5)c67)ccc43)nc3c2ccc2ccccc23)cc1. The van der Waals surface area contributed by atoms with Gasteiger partial charge in [-0.3, -0.25) is 4.57 Å². The van der Waals surface area contributed by atoms with E-state index in [1.165, 1.54) is 60.0 Å². The van der Waals surface area contributed by atoms with Crippen LogP contribution in [0.15, 0.2) is 170 Å². The summed E-state index contributed by atoms with van der Waals surface area (Å²) in [5.74, 6) is 0.667. The molecule has 4 heterocycles. The van der Waals surface area contributed by atoms with Crippen LogP contribution in [0.25, 0.3) is 110 Å². The van der Waals surface area contributed by atoms with Crippen molar-refractivity contribution in [1.29, 1.82) is 0 Å². The molecule has 12 rings (SSSR count). The molecule has 240 valence electrons. The summed E-state index contributed by atoms with van der Waals surface area (Å²) in [4.78, 5) is 10.7. The second-order valence-corrected chi connectivity index (χ2v) is 13.8. The van der Waals surface area contributed by atoms with Gasteiger partial charge in [-0.1, -0.05) is 121 Å². The Morgan fingerprint density at radius 1 is 0.346 bits per heavy atom. The van der Waals surface area contributed by atoms with Gasteiger partial charge in [0.25, 0.3) is 0 Å². The molecular weight excluding hydrogens is 633 g/mol. The summed E-state index contributed by atoms with van der Waals surface area (Å²) in [5, 5.41) is 10.8. The van der Waals surface area contributed by atoms with Crippen molar-refractivity contribution in [1.82, 2.24) is 18.9 Å². The number of aromatic nitrogens is 4. The molecule has 8 aromatic carbocycles. The third kappa shape index (κ3) is 3.70. The Hall–Kier alpha value is -7.04. The lowest BCUT2D eigenvalue weighted by Gasteiger charge is -2.13. The van der Waals surface area contributed by atoms with Crippen LogP contribution >= 0.6 is 0 Å². The summed E-state index contributed by atoms with van der Waals surface area (Å²) < 4.78 is 4.68. The standard InChI is InChI=1S/C48H28N4/c1-2-13-30(14-3-1)45-37-24-22-29-12-4-5-15-33(29)46(37)50-48(49-45)52-43-21-11-6-16-34(43)38-26-31(23-25-44(38)52)32-27-39-35-17-7-9-19-41(35)51-42-20-10-8-18-36(42)40(28-32)47(39)51/h1-28H. The summed E-state index contributed by atoms with van der Waals surface area (Å²) in [5.41, 5.74) is 11.3. The van der Waals surface area contributed by atoms with Crippen molar-refractivity contribution in [2.24, 2.45) is 0 Å². The van der Waals surface area contributed by atoms with Crippen LogP contribution in [0.5, 0.6) is 0 Å². The summed E-state index contributed by atoms with van der Waals surface area (Å²) in [7, 11) is 0. The minimum Gasteiger partial charge on any atom is -0.308 e. The molecule has 52 heavy (non-hydrogen) atoms. The first-order chi connectivity index (χ1) is 25.8. The zero-order valence-corrected chi connectivity index (χ0v) is 28.0. The topological polar surface area (TPSA) is 35.1 Å². The Bertz CT molecular complexity index is 3320. The number of nitrogens with zero attached hydrogens (tertiary/aromatic N) is 4. The van der Waals surface area contributed by atoms with Gasteiger partial charge in [0, 0.05) is 48.7 Å². The third-order valence-corrected chi connectivity index (χ3v) is 11.0. The zero-order valence-electron chi connectivity index (χ0n) is 28.0. The van der Waals surface area contributed by atoms with Crippen LogP contribution in [0.4, 0.5) is 0 Å². The highest BCUT2D eigenvalue weighted by molar-refractivity contribution is 6.24. The van der Waals surface area contributed by atoms with Crippen molar-refractivity contribution in [3.63, 3.8) is 0 Å². The van der Waals surface area contributed by atoms with Gasteiger partial charge in [-0.2, -0.15) is 0 Å². The molecule has 0 saturated carbocycles. The fourth-order valence-electron chi connectivity index (χ4n) is 8.75. The molecule has 0 aliphatic carbocycles. The maximum Gasteiger partial charge on any atom is 0.235 e. The molecule has 0 saturated heterocycles. The number of benzene rings is 8.